The van der Waals surface area contributed by atoms with Crippen molar-refractivity contribution in [3.63, 3.8) is 0 Å². The van der Waals surface area contributed by atoms with Crippen LogP contribution in [0, 0.1) is 11.8 Å². The number of nitrogens with one attached hydrogen (secondary N) is 1. The Morgan fingerprint density at radius 2 is 1.62 bits per heavy atom. The summed E-state index contributed by atoms with van der Waals surface area (Å²) >= 11 is 0. The topological polar surface area (TPSA) is 32.3 Å². The first-order chi connectivity index (χ1) is 9.53. The Kier molecular flexibility index (Phi) is 5.89. The number of carbonyl (C=O) groups is 1. The number of nitrogens with zero attached hydrogens (tertiary/aromatic N) is 1. The SMILES string of the molecule is CN(CCC1CCNCC1)C(=O)C(C(F)(F)F)C(F)(F)F. The van der Waals surface area contributed by atoms with Gasteiger partial charge in [-0.25, -0.2) is 0 Å². The van der Waals surface area contributed by atoms with Gasteiger partial charge in [-0.2, -0.15) is 26.3 Å². The molecule has 0 unspecified atom stereocenters. The number of hydrogen-bond donors (Lipinski definition) is 1. The summed E-state index contributed by atoms with van der Waals surface area (Å²) in [5, 5.41) is 3.11. The standard InChI is InChI=1S/C12H18F6N2O/c1-20(7-4-8-2-5-19-6-3-8)10(21)9(11(13,14)15)12(16,17)18/h8-9,19H,2-7H2,1H3. The van der Waals surface area contributed by atoms with Crippen molar-refractivity contribution in [2.45, 2.75) is 31.6 Å². The molecule has 1 amide bonds. The molecule has 21 heavy (non-hydrogen) atoms. The fourth-order valence-corrected chi connectivity index (χ4v) is 2.34. The lowest BCUT2D eigenvalue weighted by molar-refractivity contribution is -0.277. The third-order valence-electron chi connectivity index (χ3n) is 3.61. The van der Waals surface area contributed by atoms with Crippen LogP contribution in [0.1, 0.15) is 19.3 Å². The predicted octanol–water partition coefficient (Wildman–Crippen LogP) is 2.58. The van der Waals surface area contributed by atoms with Crippen LogP contribution in [0.5, 0.6) is 0 Å². The van der Waals surface area contributed by atoms with Crippen molar-refractivity contribution in [3.8, 4) is 0 Å². The summed E-state index contributed by atoms with van der Waals surface area (Å²) in [6, 6.07) is 0. The number of halogens is 6. The Bertz CT molecular complexity index is 335. The maximum atomic E-state index is 12.4. The maximum Gasteiger partial charge on any atom is 0.409 e. The zero-order valence-electron chi connectivity index (χ0n) is 11.5. The third kappa shape index (κ3) is 5.37. The first kappa shape index (κ1) is 18.1. The van der Waals surface area contributed by atoms with E-state index in [2.05, 4.69) is 5.32 Å². The molecule has 0 bridgehead atoms. The summed E-state index contributed by atoms with van der Waals surface area (Å²) in [7, 11) is 0.980. The molecule has 0 aromatic carbocycles. The van der Waals surface area contributed by atoms with Gasteiger partial charge in [0.1, 0.15) is 0 Å². The van der Waals surface area contributed by atoms with Crippen LogP contribution in [0.3, 0.4) is 0 Å². The van der Waals surface area contributed by atoms with Gasteiger partial charge in [-0.1, -0.05) is 0 Å². The first-order valence-electron chi connectivity index (χ1n) is 6.62. The van der Waals surface area contributed by atoms with Gasteiger partial charge in [0.15, 0.2) is 0 Å². The van der Waals surface area contributed by atoms with E-state index in [1.165, 1.54) is 0 Å². The van der Waals surface area contributed by atoms with Gasteiger partial charge in [0.2, 0.25) is 11.8 Å². The van der Waals surface area contributed by atoms with E-state index < -0.39 is 24.2 Å². The van der Waals surface area contributed by atoms with E-state index in [9.17, 15) is 31.1 Å². The molecule has 1 fully saturated rings. The number of piperidine rings is 1. The van der Waals surface area contributed by atoms with Crippen molar-refractivity contribution >= 4 is 5.91 Å². The molecule has 1 N–H and O–H groups in total. The molecule has 0 aliphatic carbocycles. The Morgan fingerprint density at radius 1 is 1.14 bits per heavy atom. The Morgan fingerprint density at radius 3 is 2.05 bits per heavy atom. The highest BCUT2D eigenvalue weighted by Crippen LogP contribution is 2.40. The van der Waals surface area contributed by atoms with E-state index in [0.717, 1.165) is 33.0 Å². The van der Waals surface area contributed by atoms with E-state index in [1.54, 1.807) is 0 Å². The molecule has 1 rings (SSSR count). The fraction of sp³-hybridized carbons (Fsp3) is 0.917. The molecule has 1 saturated heterocycles. The van der Waals surface area contributed by atoms with Crippen LogP contribution in [0.4, 0.5) is 26.3 Å². The number of carbonyl (C=O) groups excluding carboxylic acids is 1. The average molecular weight is 320 g/mol. The number of hydrogen-bond acceptors (Lipinski definition) is 2. The molecular weight excluding hydrogens is 302 g/mol. The van der Waals surface area contributed by atoms with E-state index in [4.69, 9.17) is 0 Å². The monoisotopic (exact) mass is 320 g/mol. The summed E-state index contributed by atoms with van der Waals surface area (Å²) in [5.41, 5.74) is 0. The van der Waals surface area contributed by atoms with Gasteiger partial charge >= 0.3 is 12.4 Å². The van der Waals surface area contributed by atoms with Crippen LogP contribution < -0.4 is 5.32 Å². The highest BCUT2D eigenvalue weighted by molar-refractivity contribution is 5.80. The molecule has 1 aliphatic heterocycles. The van der Waals surface area contributed by atoms with Gasteiger partial charge in [0.25, 0.3) is 0 Å². The molecule has 1 aliphatic rings. The quantitative estimate of drug-likeness (QED) is 0.808. The maximum absolute atomic E-state index is 12.4. The molecule has 0 saturated carbocycles. The lowest BCUT2D eigenvalue weighted by Gasteiger charge is -2.29. The lowest BCUT2D eigenvalue weighted by atomic mass is 9.94. The van der Waals surface area contributed by atoms with Gasteiger partial charge in [0.05, 0.1) is 0 Å². The second-order valence-electron chi connectivity index (χ2n) is 5.26. The summed E-state index contributed by atoms with van der Waals surface area (Å²) < 4.78 is 74.7. The highest BCUT2D eigenvalue weighted by atomic mass is 19.4. The summed E-state index contributed by atoms with van der Waals surface area (Å²) in [4.78, 5) is 12.0. The lowest BCUT2D eigenvalue weighted by Crippen LogP contribution is -2.48. The Hall–Kier alpha value is -0.990. The predicted molar refractivity (Wildman–Crippen MR) is 63.4 cm³/mol. The molecule has 1 heterocycles. The normalized spacial score (nSPS) is 18.1. The van der Waals surface area contributed by atoms with E-state index in [0.29, 0.717) is 11.3 Å². The number of amides is 1. The minimum absolute atomic E-state index is 0.105. The van der Waals surface area contributed by atoms with Crippen LogP contribution >= 0.6 is 0 Å². The smallest absolute Gasteiger partial charge is 0.345 e. The second kappa shape index (κ2) is 6.85. The van der Waals surface area contributed by atoms with Gasteiger partial charge in [-0.3, -0.25) is 4.79 Å². The Balaban J connectivity index is 2.61. The zero-order valence-corrected chi connectivity index (χ0v) is 11.5. The average Bonchev–Trinajstić information content (AvgIpc) is 2.33. The van der Waals surface area contributed by atoms with E-state index >= 15 is 0 Å². The van der Waals surface area contributed by atoms with Crippen molar-refractivity contribution in [3.05, 3.63) is 0 Å². The highest BCUT2D eigenvalue weighted by Gasteiger charge is 2.61. The van der Waals surface area contributed by atoms with Crippen molar-refractivity contribution in [2.24, 2.45) is 11.8 Å². The molecule has 3 nitrogen and oxygen atoms in total. The fourth-order valence-electron chi connectivity index (χ4n) is 2.34. The van der Waals surface area contributed by atoms with Crippen molar-refractivity contribution < 1.29 is 31.1 Å². The van der Waals surface area contributed by atoms with Crippen molar-refractivity contribution in [2.75, 3.05) is 26.7 Å². The molecule has 124 valence electrons. The van der Waals surface area contributed by atoms with Crippen molar-refractivity contribution in [1.29, 1.82) is 0 Å². The molecular formula is C12H18F6N2O. The van der Waals surface area contributed by atoms with Gasteiger partial charge < -0.3 is 10.2 Å². The van der Waals surface area contributed by atoms with Crippen LogP contribution in [-0.4, -0.2) is 49.8 Å². The van der Waals surface area contributed by atoms with Crippen LogP contribution in [0.25, 0.3) is 0 Å². The third-order valence-corrected chi connectivity index (χ3v) is 3.61. The summed E-state index contributed by atoms with van der Waals surface area (Å²) in [6.45, 7) is 1.44. The first-order valence-corrected chi connectivity index (χ1v) is 6.62. The molecule has 0 atom stereocenters. The molecule has 0 aromatic rings. The summed E-state index contributed by atoms with van der Waals surface area (Å²) in [6.07, 6.45) is -9.23. The number of rotatable bonds is 4. The number of alkyl halides is 6. The molecule has 9 heteroatoms. The van der Waals surface area contributed by atoms with E-state index in [1.807, 2.05) is 0 Å². The van der Waals surface area contributed by atoms with Gasteiger partial charge in [-0.05, 0) is 38.3 Å². The van der Waals surface area contributed by atoms with Crippen LogP contribution in [0.15, 0.2) is 0 Å². The minimum Gasteiger partial charge on any atom is -0.345 e. The Labute approximate surface area is 118 Å². The van der Waals surface area contributed by atoms with Gasteiger partial charge in [0, 0.05) is 13.6 Å². The molecule has 0 radical (unpaired) electrons. The molecule has 0 spiro atoms. The largest absolute Gasteiger partial charge is 0.409 e. The van der Waals surface area contributed by atoms with E-state index in [-0.39, 0.29) is 12.5 Å². The van der Waals surface area contributed by atoms with Gasteiger partial charge in [-0.15, -0.1) is 0 Å². The van der Waals surface area contributed by atoms with Crippen molar-refractivity contribution in [1.82, 2.24) is 10.2 Å². The second-order valence-corrected chi connectivity index (χ2v) is 5.26. The minimum atomic E-state index is -5.63. The molecule has 0 aromatic heterocycles. The van der Waals surface area contributed by atoms with Crippen LogP contribution in [0.2, 0.25) is 0 Å². The zero-order chi connectivity index (χ0) is 16.3. The van der Waals surface area contributed by atoms with Crippen LogP contribution in [-0.2, 0) is 4.79 Å². The summed E-state index contributed by atoms with van der Waals surface area (Å²) in [5.74, 6) is -5.66.